The van der Waals surface area contributed by atoms with E-state index in [0.29, 0.717) is 0 Å². The average Bonchev–Trinajstić information content (AvgIpc) is 2.62. The molecule has 0 saturated carbocycles. The highest BCUT2D eigenvalue weighted by Crippen LogP contribution is 2.25. The summed E-state index contributed by atoms with van der Waals surface area (Å²) in [5.74, 6) is 2.11. The molecule has 1 aliphatic rings. The summed E-state index contributed by atoms with van der Waals surface area (Å²) < 4.78 is 0. The van der Waals surface area contributed by atoms with Gasteiger partial charge in [0.15, 0.2) is 0 Å². The van der Waals surface area contributed by atoms with E-state index in [-0.39, 0.29) is 5.54 Å². The van der Waals surface area contributed by atoms with Crippen molar-refractivity contribution in [2.24, 2.45) is 5.73 Å². The van der Waals surface area contributed by atoms with E-state index in [0.717, 1.165) is 11.5 Å². The smallest absolute Gasteiger partial charge is 0.0188 e. The van der Waals surface area contributed by atoms with Gasteiger partial charge in [-0.2, -0.15) is 11.8 Å². The largest absolute Gasteiger partial charge is 0.325 e. The molecule has 0 unspecified atom stereocenters. The summed E-state index contributed by atoms with van der Waals surface area (Å²) in [7, 11) is 0. The van der Waals surface area contributed by atoms with Crippen LogP contribution in [0.15, 0.2) is 18.2 Å². The van der Waals surface area contributed by atoms with Gasteiger partial charge in [-0.05, 0) is 49.8 Å². The molecule has 0 amide bonds. The lowest BCUT2D eigenvalue weighted by Gasteiger charge is -2.17. The Morgan fingerprint density at radius 3 is 2.75 bits per heavy atom. The van der Waals surface area contributed by atoms with Crippen LogP contribution < -0.4 is 5.73 Å². The Labute approximate surface area is 103 Å². The molecule has 2 N–H and O–H groups in total. The molecule has 0 aliphatic heterocycles. The number of thioether (sulfide) groups is 1. The molecule has 0 aromatic heterocycles. The van der Waals surface area contributed by atoms with Crippen LogP contribution in [-0.2, 0) is 18.6 Å². The van der Waals surface area contributed by atoms with Crippen LogP contribution in [0, 0.1) is 0 Å². The van der Waals surface area contributed by atoms with Crippen LogP contribution >= 0.6 is 11.8 Å². The monoisotopic (exact) mass is 235 g/mol. The topological polar surface area (TPSA) is 26.0 Å². The zero-order valence-corrected chi connectivity index (χ0v) is 11.1. The number of nitrogens with two attached hydrogens (primary N) is 1. The van der Waals surface area contributed by atoms with E-state index in [1.165, 1.54) is 24.8 Å². The Balaban J connectivity index is 1.91. The van der Waals surface area contributed by atoms with Gasteiger partial charge >= 0.3 is 0 Å². The molecular weight excluding hydrogens is 214 g/mol. The zero-order chi connectivity index (χ0) is 11.6. The maximum atomic E-state index is 5.97. The Morgan fingerprint density at radius 2 is 2.00 bits per heavy atom. The van der Waals surface area contributed by atoms with Gasteiger partial charge < -0.3 is 5.73 Å². The summed E-state index contributed by atoms with van der Waals surface area (Å²) in [6, 6.07) is 6.98. The van der Waals surface area contributed by atoms with Crippen molar-refractivity contribution in [2.75, 3.05) is 5.75 Å². The standard InChI is InChI=1S/C14H21NS/c1-14(2,15)10-16-9-11-6-7-12-4-3-5-13(12)8-11/h6-8H,3-5,9-10,15H2,1-2H3. The number of rotatable bonds is 4. The van der Waals surface area contributed by atoms with Crippen LogP contribution in [0.5, 0.6) is 0 Å². The lowest BCUT2D eigenvalue weighted by molar-refractivity contribution is 0.591. The van der Waals surface area contributed by atoms with Crippen LogP contribution in [0.25, 0.3) is 0 Å². The summed E-state index contributed by atoms with van der Waals surface area (Å²) in [5.41, 5.74) is 10.5. The second kappa shape index (κ2) is 4.80. The van der Waals surface area contributed by atoms with E-state index >= 15 is 0 Å². The normalized spacial score (nSPS) is 15.2. The summed E-state index contributed by atoms with van der Waals surface area (Å²) in [6.07, 6.45) is 3.89. The molecule has 16 heavy (non-hydrogen) atoms. The minimum atomic E-state index is -0.0542. The van der Waals surface area contributed by atoms with Gasteiger partial charge in [-0.3, -0.25) is 0 Å². The van der Waals surface area contributed by atoms with E-state index in [4.69, 9.17) is 5.73 Å². The third-order valence-corrected chi connectivity index (χ3v) is 4.39. The maximum absolute atomic E-state index is 5.97. The first-order valence-corrected chi connectivity index (χ1v) is 7.17. The molecule has 1 aromatic carbocycles. The summed E-state index contributed by atoms with van der Waals surface area (Å²) in [5, 5.41) is 0. The Morgan fingerprint density at radius 1 is 1.25 bits per heavy atom. The fraction of sp³-hybridized carbons (Fsp3) is 0.571. The predicted molar refractivity (Wildman–Crippen MR) is 72.9 cm³/mol. The summed E-state index contributed by atoms with van der Waals surface area (Å²) in [4.78, 5) is 0. The molecule has 0 heterocycles. The van der Waals surface area contributed by atoms with Gasteiger partial charge in [0, 0.05) is 17.0 Å². The van der Waals surface area contributed by atoms with E-state index in [2.05, 4.69) is 32.0 Å². The highest BCUT2D eigenvalue weighted by atomic mass is 32.2. The van der Waals surface area contributed by atoms with Crippen LogP contribution in [0.3, 0.4) is 0 Å². The highest BCUT2D eigenvalue weighted by molar-refractivity contribution is 7.98. The van der Waals surface area contributed by atoms with Crippen LogP contribution in [0.4, 0.5) is 0 Å². The lowest BCUT2D eigenvalue weighted by atomic mass is 10.1. The van der Waals surface area contributed by atoms with Crippen molar-refractivity contribution in [3.8, 4) is 0 Å². The Kier molecular flexibility index (Phi) is 3.60. The minimum absolute atomic E-state index is 0.0542. The number of aryl methyl sites for hydroxylation is 2. The molecular formula is C14H21NS. The molecule has 0 atom stereocenters. The highest BCUT2D eigenvalue weighted by Gasteiger charge is 2.12. The van der Waals surface area contributed by atoms with Crippen molar-refractivity contribution in [3.05, 3.63) is 34.9 Å². The third kappa shape index (κ3) is 3.26. The molecule has 0 radical (unpaired) electrons. The van der Waals surface area contributed by atoms with Crippen molar-refractivity contribution < 1.29 is 0 Å². The van der Waals surface area contributed by atoms with E-state index < -0.39 is 0 Å². The lowest BCUT2D eigenvalue weighted by Crippen LogP contribution is -2.34. The van der Waals surface area contributed by atoms with Gasteiger partial charge in [-0.1, -0.05) is 18.2 Å². The molecule has 0 saturated heterocycles. The van der Waals surface area contributed by atoms with Crippen molar-refractivity contribution >= 4 is 11.8 Å². The number of hydrogen-bond acceptors (Lipinski definition) is 2. The number of fused-ring (bicyclic) bond motifs is 1. The van der Waals surface area contributed by atoms with Gasteiger partial charge in [-0.15, -0.1) is 0 Å². The SMILES string of the molecule is CC(C)(N)CSCc1ccc2c(c1)CCC2. The predicted octanol–water partition coefficient (Wildman–Crippen LogP) is 3.15. The van der Waals surface area contributed by atoms with E-state index in [1.807, 2.05) is 11.8 Å². The van der Waals surface area contributed by atoms with Gasteiger partial charge in [0.1, 0.15) is 0 Å². The van der Waals surface area contributed by atoms with Crippen LogP contribution in [0.2, 0.25) is 0 Å². The fourth-order valence-electron chi connectivity index (χ4n) is 2.15. The van der Waals surface area contributed by atoms with Crippen molar-refractivity contribution in [2.45, 2.75) is 44.4 Å². The molecule has 1 nitrogen and oxygen atoms in total. The molecule has 0 fully saturated rings. The number of hydrogen-bond donors (Lipinski definition) is 1. The molecule has 2 rings (SSSR count). The second-order valence-electron chi connectivity index (χ2n) is 5.44. The average molecular weight is 235 g/mol. The van der Waals surface area contributed by atoms with Crippen molar-refractivity contribution in [1.29, 1.82) is 0 Å². The first kappa shape index (κ1) is 12.0. The summed E-state index contributed by atoms with van der Waals surface area (Å²) >= 11 is 1.93. The fourth-order valence-corrected chi connectivity index (χ4v) is 3.19. The first-order chi connectivity index (χ1) is 7.54. The second-order valence-corrected chi connectivity index (χ2v) is 6.42. The van der Waals surface area contributed by atoms with E-state index in [9.17, 15) is 0 Å². The van der Waals surface area contributed by atoms with Gasteiger partial charge in [0.25, 0.3) is 0 Å². The maximum Gasteiger partial charge on any atom is 0.0188 e. The quantitative estimate of drug-likeness (QED) is 0.867. The van der Waals surface area contributed by atoms with Crippen molar-refractivity contribution in [3.63, 3.8) is 0 Å². The molecule has 0 spiro atoms. The first-order valence-electron chi connectivity index (χ1n) is 6.02. The zero-order valence-electron chi connectivity index (χ0n) is 10.3. The van der Waals surface area contributed by atoms with Crippen LogP contribution in [-0.4, -0.2) is 11.3 Å². The minimum Gasteiger partial charge on any atom is -0.325 e. The van der Waals surface area contributed by atoms with Crippen molar-refractivity contribution in [1.82, 2.24) is 0 Å². The molecule has 1 aliphatic carbocycles. The Hall–Kier alpha value is -0.470. The van der Waals surface area contributed by atoms with E-state index in [1.54, 1.807) is 11.1 Å². The van der Waals surface area contributed by atoms with Gasteiger partial charge in [0.05, 0.1) is 0 Å². The van der Waals surface area contributed by atoms with Crippen LogP contribution in [0.1, 0.15) is 37.0 Å². The summed E-state index contributed by atoms with van der Waals surface area (Å²) in [6.45, 7) is 4.17. The van der Waals surface area contributed by atoms with Gasteiger partial charge in [-0.25, -0.2) is 0 Å². The number of benzene rings is 1. The molecule has 0 bridgehead atoms. The molecule has 88 valence electrons. The molecule has 2 heteroatoms. The molecule has 1 aromatic rings. The Bertz CT molecular complexity index is 365. The van der Waals surface area contributed by atoms with Gasteiger partial charge in [0.2, 0.25) is 0 Å². The third-order valence-electron chi connectivity index (χ3n) is 2.91.